The van der Waals surface area contributed by atoms with Crippen LogP contribution in [0, 0.1) is 0 Å². The van der Waals surface area contributed by atoms with Gasteiger partial charge in [0.25, 0.3) is 0 Å². The lowest BCUT2D eigenvalue weighted by atomic mass is 9.82. The van der Waals surface area contributed by atoms with Gasteiger partial charge in [-0.15, -0.1) is 0 Å². The predicted octanol–water partition coefficient (Wildman–Crippen LogP) is 3.00. The van der Waals surface area contributed by atoms with E-state index >= 15 is 0 Å². The Morgan fingerprint density at radius 1 is 1.04 bits per heavy atom. The zero-order valence-corrected chi connectivity index (χ0v) is 16.0. The fourth-order valence-corrected chi connectivity index (χ4v) is 5.18. The zero-order valence-electron chi connectivity index (χ0n) is 16.0. The van der Waals surface area contributed by atoms with Crippen molar-refractivity contribution >= 4 is 21.5 Å². The van der Waals surface area contributed by atoms with E-state index in [1.54, 1.807) is 7.11 Å². The van der Waals surface area contributed by atoms with Crippen LogP contribution in [0.4, 0.5) is 0 Å². The van der Waals surface area contributed by atoms with Gasteiger partial charge in [-0.3, -0.25) is 4.90 Å². The van der Waals surface area contributed by atoms with Crippen LogP contribution < -0.4 is 4.74 Å². The number of nitrogens with zero attached hydrogens (tertiary/aromatic N) is 1. The molecule has 3 N–H and O–H groups in total. The van der Waals surface area contributed by atoms with Gasteiger partial charge >= 0.3 is 0 Å². The molecule has 2 heterocycles. The van der Waals surface area contributed by atoms with Crippen molar-refractivity contribution in [2.24, 2.45) is 0 Å². The summed E-state index contributed by atoms with van der Waals surface area (Å²) in [6.45, 7) is 1.69. The highest BCUT2D eigenvalue weighted by molar-refractivity contribution is 6.12. The Morgan fingerprint density at radius 3 is 2.61 bits per heavy atom. The standard InChI is InChI=1S/C23H25NO4/c1-28-21-9-18-17(8-14(21)12-26)16-7-13(11-25)4-5-15(16)22-19(18)10-24-6-2-3-20(24)23(22)27/h4-5,7-9,20,23,25-27H,2-3,6,10-12H2,1H3/t20-,23+/m1/s1. The molecule has 5 nitrogen and oxygen atoms in total. The van der Waals surface area contributed by atoms with E-state index in [9.17, 15) is 15.3 Å². The number of fused-ring (bicyclic) bond motifs is 7. The first-order valence-electron chi connectivity index (χ1n) is 9.88. The van der Waals surface area contributed by atoms with Crippen molar-refractivity contribution in [3.63, 3.8) is 0 Å². The van der Waals surface area contributed by atoms with Crippen LogP contribution in [0.2, 0.25) is 0 Å². The minimum absolute atomic E-state index is 0.0313. The second kappa shape index (κ2) is 6.71. The Hall–Kier alpha value is -2.18. The van der Waals surface area contributed by atoms with Crippen LogP contribution in [-0.2, 0) is 19.8 Å². The Bertz CT molecular complexity index is 1080. The van der Waals surface area contributed by atoms with Crippen LogP contribution >= 0.6 is 0 Å². The van der Waals surface area contributed by atoms with E-state index < -0.39 is 6.10 Å². The Labute approximate surface area is 163 Å². The van der Waals surface area contributed by atoms with Gasteiger partial charge in [0.05, 0.1) is 26.4 Å². The largest absolute Gasteiger partial charge is 0.496 e. The first-order valence-corrected chi connectivity index (χ1v) is 9.88. The molecule has 146 valence electrons. The van der Waals surface area contributed by atoms with Gasteiger partial charge in [-0.2, -0.15) is 0 Å². The van der Waals surface area contributed by atoms with Crippen molar-refractivity contribution in [2.75, 3.05) is 13.7 Å². The quantitative estimate of drug-likeness (QED) is 0.610. The summed E-state index contributed by atoms with van der Waals surface area (Å²) in [5.41, 5.74) is 3.73. The van der Waals surface area contributed by atoms with Crippen molar-refractivity contribution in [1.82, 2.24) is 4.90 Å². The van der Waals surface area contributed by atoms with E-state index in [0.717, 1.165) is 69.7 Å². The number of aliphatic hydroxyl groups excluding tert-OH is 3. The molecule has 0 amide bonds. The molecule has 28 heavy (non-hydrogen) atoms. The van der Waals surface area contributed by atoms with Gasteiger partial charge in [-0.1, -0.05) is 12.1 Å². The second-order valence-electron chi connectivity index (χ2n) is 7.92. The number of methoxy groups -OCH3 is 1. The van der Waals surface area contributed by atoms with E-state index in [2.05, 4.69) is 4.90 Å². The van der Waals surface area contributed by atoms with Crippen molar-refractivity contribution in [3.8, 4) is 5.75 Å². The highest BCUT2D eigenvalue weighted by Gasteiger charge is 2.38. The van der Waals surface area contributed by atoms with E-state index in [1.807, 2.05) is 30.3 Å². The first kappa shape index (κ1) is 17.9. The molecule has 0 spiro atoms. The lowest BCUT2D eigenvalue weighted by Gasteiger charge is -2.37. The highest BCUT2D eigenvalue weighted by Crippen LogP contribution is 2.46. The number of hydrogen-bond donors (Lipinski definition) is 3. The van der Waals surface area contributed by atoms with Gasteiger partial charge in [0, 0.05) is 18.2 Å². The average molecular weight is 379 g/mol. The summed E-state index contributed by atoms with van der Waals surface area (Å²) in [6, 6.07) is 10.1. The zero-order chi connectivity index (χ0) is 19.4. The average Bonchev–Trinajstić information content (AvgIpc) is 3.21. The number of ether oxygens (including phenoxy) is 1. The molecule has 5 rings (SSSR count). The highest BCUT2D eigenvalue weighted by atomic mass is 16.5. The molecule has 1 saturated heterocycles. The molecule has 2 aliphatic rings. The summed E-state index contributed by atoms with van der Waals surface area (Å²) >= 11 is 0. The fraction of sp³-hybridized carbons (Fsp3) is 0.391. The summed E-state index contributed by atoms with van der Waals surface area (Å²) < 4.78 is 5.53. The number of hydrogen-bond acceptors (Lipinski definition) is 5. The molecule has 3 aromatic carbocycles. The molecule has 5 heteroatoms. The monoisotopic (exact) mass is 379 g/mol. The molecule has 2 aliphatic heterocycles. The van der Waals surface area contributed by atoms with Crippen molar-refractivity contribution in [1.29, 1.82) is 0 Å². The molecule has 0 saturated carbocycles. The van der Waals surface area contributed by atoms with E-state index in [-0.39, 0.29) is 19.3 Å². The molecule has 0 radical (unpaired) electrons. The molecule has 0 bridgehead atoms. The fourth-order valence-electron chi connectivity index (χ4n) is 5.18. The van der Waals surface area contributed by atoms with Crippen molar-refractivity contribution in [2.45, 2.75) is 44.7 Å². The molecular weight excluding hydrogens is 354 g/mol. The van der Waals surface area contributed by atoms with Gasteiger partial charge in [-0.05, 0) is 75.8 Å². The van der Waals surface area contributed by atoms with E-state index in [1.165, 1.54) is 0 Å². The van der Waals surface area contributed by atoms with E-state index in [4.69, 9.17) is 4.74 Å². The van der Waals surface area contributed by atoms with Gasteiger partial charge in [-0.25, -0.2) is 0 Å². The maximum atomic E-state index is 11.3. The van der Waals surface area contributed by atoms with Crippen LogP contribution in [0.1, 0.15) is 41.2 Å². The molecule has 0 aliphatic carbocycles. The van der Waals surface area contributed by atoms with Gasteiger partial charge in [0.15, 0.2) is 0 Å². The van der Waals surface area contributed by atoms with Crippen molar-refractivity contribution in [3.05, 3.63) is 52.6 Å². The smallest absolute Gasteiger partial charge is 0.125 e. The lowest BCUT2D eigenvalue weighted by Crippen LogP contribution is -2.39. The van der Waals surface area contributed by atoms with Gasteiger partial charge < -0.3 is 20.1 Å². The van der Waals surface area contributed by atoms with E-state index in [0.29, 0.717) is 5.75 Å². The second-order valence-corrected chi connectivity index (χ2v) is 7.92. The van der Waals surface area contributed by atoms with Gasteiger partial charge in [0.1, 0.15) is 5.75 Å². The molecule has 1 fully saturated rings. The van der Waals surface area contributed by atoms with Crippen LogP contribution in [0.5, 0.6) is 5.75 Å². The Balaban J connectivity index is 1.91. The maximum Gasteiger partial charge on any atom is 0.125 e. The first-order chi connectivity index (χ1) is 13.7. The lowest BCUT2D eigenvalue weighted by molar-refractivity contribution is 0.0552. The minimum atomic E-state index is -0.526. The van der Waals surface area contributed by atoms with Crippen molar-refractivity contribution < 1.29 is 20.1 Å². The Morgan fingerprint density at radius 2 is 1.86 bits per heavy atom. The maximum absolute atomic E-state index is 11.3. The third kappa shape index (κ3) is 2.47. The summed E-state index contributed by atoms with van der Waals surface area (Å²) in [5.74, 6) is 0.660. The third-order valence-electron chi connectivity index (χ3n) is 6.52. The number of benzene rings is 3. The molecule has 3 aromatic rings. The van der Waals surface area contributed by atoms with Gasteiger partial charge in [0.2, 0.25) is 0 Å². The molecular formula is C23H25NO4. The minimum Gasteiger partial charge on any atom is -0.496 e. The molecule has 2 atom stereocenters. The summed E-state index contributed by atoms with van der Waals surface area (Å²) in [6.07, 6.45) is 1.60. The topological polar surface area (TPSA) is 73.2 Å². The normalized spacial score (nSPS) is 21.9. The van der Waals surface area contributed by atoms with Crippen LogP contribution in [0.15, 0.2) is 30.3 Å². The van der Waals surface area contributed by atoms with Crippen LogP contribution in [0.3, 0.4) is 0 Å². The predicted molar refractivity (Wildman–Crippen MR) is 108 cm³/mol. The number of rotatable bonds is 3. The molecule has 0 unspecified atom stereocenters. The third-order valence-corrected chi connectivity index (χ3v) is 6.52. The summed E-state index contributed by atoms with van der Waals surface area (Å²) in [4.78, 5) is 2.38. The number of aliphatic hydroxyl groups is 3. The summed E-state index contributed by atoms with van der Waals surface area (Å²) in [7, 11) is 1.61. The Kier molecular flexibility index (Phi) is 4.29. The van der Waals surface area contributed by atoms with Crippen LogP contribution in [-0.4, -0.2) is 39.9 Å². The summed E-state index contributed by atoms with van der Waals surface area (Å²) in [5, 5.41) is 34.9. The SMILES string of the molecule is COc1cc2c3c(c4ccc(CO)cc4c2cc1CO)[C@@H](O)[C@H]1CCCN1C3. The molecule has 0 aromatic heterocycles. The van der Waals surface area contributed by atoms with Crippen LogP contribution in [0.25, 0.3) is 21.5 Å².